The highest BCUT2D eigenvalue weighted by molar-refractivity contribution is 7.91. The van der Waals surface area contributed by atoms with Crippen LogP contribution in [0.5, 0.6) is 0 Å². The number of nitrogens with zero attached hydrogens (tertiary/aromatic N) is 4. The van der Waals surface area contributed by atoms with Crippen LogP contribution in [0.4, 0.5) is 10.7 Å². The Kier molecular flexibility index (Phi) is 3.69. The average molecular weight is 318 g/mol. The van der Waals surface area contributed by atoms with Gasteiger partial charge in [0, 0.05) is 13.1 Å². The van der Waals surface area contributed by atoms with Gasteiger partial charge in [-0.05, 0) is 0 Å². The predicted octanol–water partition coefficient (Wildman–Crippen LogP) is -0.155. The molecule has 2 heterocycles. The summed E-state index contributed by atoms with van der Waals surface area (Å²) in [5.41, 5.74) is 4.99. The van der Waals surface area contributed by atoms with Crippen molar-refractivity contribution >= 4 is 32.0 Å². The molecule has 0 fully saturated rings. The Morgan fingerprint density at radius 2 is 2.30 bits per heavy atom. The molecule has 0 bridgehead atoms. The average Bonchev–Trinajstić information content (AvgIpc) is 2.93. The number of rotatable bonds is 5. The van der Waals surface area contributed by atoms with Crippen LogP contribution in [-0.2, 0) is 23.6 Å². The second-order valence-corrected chi connectivity index (χ2v) is 6.83. The molecule has 3 N–H and O–H groups in total. The van der Waals surface area contributed by atoms with E-state index in [9.17, 15) is 18.5 Å². The molecule has 0 aromatic carbocycles. The summed E-state index contributed by atoms with van der Waals surface area (Å²) in [4.78, 5) is 9.92. The number of aryl methyl sites for hydroxylation is 1. The zero-order valence-electron chi connectivity index (χ0n) is 10.2. The van der Waals surface area contributed by atoms with E-state index in [0.717, 1.165) is 6.07 Å². The van der Waals surface area contributed by atoms with Crippen LogP contribution in [-0.4, -0.2) is 28.1 Å². The van der Waals surface area contributed by atoms with Crippen LogP contribution in [0.1, 0.15) is 5.82 Å². The number of sulfonamides is 1. The van der Waals surface area contributed by atoms with Crippen molar-refractivity contribution in [1.82, 2.24) is 19.5 Å². The number of nitro groups is 1. The van der Waals surface area contributed by atoms with Crippen molar-refractivity contribution in [2.24, 2.45) is 7.05 Å². The third kappa shape index (κ3) is 2.76. The first-order chi connectivity index (χ1) is 9.31. The lowest BCUT2D eigenvalue weighted by Gasteiger charge is -2.03. The van der Waals surface area contributed by atoms with Gasteiger partial charge in [-0.3, -0.25) is 10.1 Å². The molecule has 10 nitrogen and oxygen atoms in total. The number of thiophene rings is 1. The first-order valence-corrected chi connectivity index (χ1v) is 7.47. The van der Waals surface area contributed by atoms with Gasteiger partial charge in [0.1, 0.15) is 16.4 Å². The van der Waals surface area contributed by atoms with Crippen molar-refractivity contribution < 1.29 is 13.3 Å². The molecule has 2 aromatic heterocycles. The lowest BCUT2D eigenvalue weighted by atomic mass is 10.5. The fourth-order valence-electron chi connectivity index (χ4n) is 1.35. The fraction of sp³-hybridized carbons (Fsp3) is 0.250. The Morgan fingerprint density at radius 1 is 1.60 bits per heavy atom. The van der Waals surface area contributed by atoms with Gasteiger partial charge < -0.3 is 10.3 Å². The molecule has 0 radical (unpaired) electrons. The highest BCUT2D eigenvalue weighted by Gasteiger charge is 2.24. The van der Waals surface area contributed by atoms with E-state index < -0.39 is 20.6 Å². The summed E-state index contributed by atoms with van der Waals surface area (Å²) < 4.78 is 27.6. The standard InChI is InChI=1S/C8H10N6O4S2/c1-13-4-10-12-6(13)3-11-20(17,18)7-2-5(14(15)16)8(9)19-7/h2,4,11H,3,9H2,1H3. The van der Waals surface area contributed by atoms with E-state index in [-0.39, 0.29) is 15.8 Å². The molecule has 0 saturated carbocycles. The second-order valence-electron chi connectivity index (χ2n) is 3.75. The maximum Gasteiger partial charge on any atom is 0.304 e. The van der Waals surface area contributed by atoms with E-state index in [1.807, 2.05) is 0 Å². The van der Waals surface area contributed by atoms with Gasteiger partial charge in [-0.1, -0.05) is 11.3 Å². The van der Waals surface area contributed by atoms with Crippen molar-refractivity contribution in [3.8, 4) is 0 Å². The maximum absolute atomic E-state index is 12.0. The van der Waals surface area contributed by atoms with Crippen molar-refractivity contribution in [2.45, 2.75) is 10.8 Å². The SMILES string of the molecule is Cn1cnnc1CNS(=O)(=O)c1cc([N+](=O)[O-])c(N)s1. The summed E-state index contributed by atoms with van der Waals surface area (Å²) in [6.45, 7) is -0.0789. The zero-order valence-corrected chi connectivity index (χ0v) is 11.8. The molecule has 0 aliphatic carbocycles. The van der Waals surface area contributed by atoms with Crippen LogP contribution in [0, 0.1) is 10.1 Å². The molecule has 0 spiro atoms. The van der Waals surface area contributed by atoms with E-state index in [2.05, 4.69) is 14.9 Å². The van der Waals surface area contributed by atoms with E-state index in [1.165, 1.54) is 6.33 Å². The number of nitrogens with one attached hydrogen (secondary N) is 1. The van der Waals surface area contributed by atoms with Gasteiger partial charge in [0.05, 0.1) is 11.5 Å². The van der Waals surface area contributed by atoms with Crippen molar-refractivity contribution in [3.05, 3.63) is 28.3 Å². The summed E-state index contributed by atoms with van der Waals surface area (Å²) in [6, 6.07) is 0.930. The third-order valence-corrected chi connectivity index (χ3v) is 5.23. The smallest absolute Gasteiger partial charge is 0.304 e. The quantitative estimate of drug-likeness (QED) is 0.575. The first kappa shape index (κ1) is 14.4. The molecular formula is C8H10N6O4S2. The number of nitrogens with two attached hydrogens (primary N) is 1. The van der Waals surface area contributed by atoms with Crippen LogP contribution in [0.3, 0.4) is 0 Å². The summed E-state index contributed by atoms with van der Waals surface area (Å²) in [5, 5.41) is 17.8. The number of anilines is 1. The summed E-state index contributed by atoms with van der Waals surface area (Å²) in [6.07, 6.45) is 1.43. The number of aromatic nitrogens is 3. The van der Waals surface area contributed by atoms with Crippen LogP contribution in [0.25, 0.3) is 0 Å². The summed E-state index contributed by atoms with van der Waals surface area (Å²) in [7, 11) is -2.22. The number of hydrogen-bond donors (Lipinski definition) is 2. The second kappa shape index (κ2) is 5.15. The minimum absolute atomic E-state index is 0.0789. The van der Waals surface area contributed by atoms with Crippen molar-refractivity contribution in [1.29, 1.82) is 0 Å². The third-order valence-electron chi connectivity index (χ3n) is 2.40. The first-order valence-electron chi connectivity index (χ1n) is 5.17. The highest BCUT2D eigenvalue weighted by Crippen LogP contribution is 2.34. The normalized spacial score (nSPS) is 11.7. The van der Waals surface area contributed by atoms with Gasteiger partial charge in [-0.25, -0.2) is 13.1 Å². The Morgan fingerprint density at radius 3 is 2.80 bits per heavy atom. The van der Waals surface area contributed by atoms with Gasteiger partial charge in [-0.15, -0.1) is 10.2 Å². The molecule has 12 heteroatoms. The number of nitrogen functional groups attached to an aromatic ring is 1. The Labute approximate surface area is 117 Å². The maximum atomic E-state index is 12.0. The van der Waals surface area contributed by atoms with Crippen LogP contribution < -0.4 is 10.5 Å². The molecule has 0 saturated heterocycles. The minimum atomic E-state index is -3.89. The highest BCUT2D eigenvalue weighted by atomic mass is 32.2. The molecule has 0 unspecified atom stereocenters. The van der Waals surface area contributed by atoms with Crippen LogP contribution >= 0.6 is 11.3 Å². The lowest BCUT2D eigenvalue weighted by Crippen LogP contribution is -2.24. The fourth-order valence-corrected chi connectivity index (χ4v) is 3.58. The monoisotopic (exact) mass is 318 g/mol. The molecule has 108 valence electrons. The van der Waals surface area contributed by atoms with Crippen LogP contribution in [0.2, 0.25) is 0 Å². The Balaban J connectivity index is 2.20. The molecule has 0 aliphatic rings. The zero-order chi connectivity index (χ0) is 14.9. The largest absolute Gasteiger partial charge is 0.385 e. The minimum Gasteiger partial charge on any atom is -0.385 e. The Hall–Kier alpha value is -2.05. The molecule has 2 rings (SSSR count). The van der Waals surface area contributed by atoms with E-state index in [4.69, 9.17) is 5.73 Å². The Bertz CT molecular complexity index is 749. The van der Waals surface area contributed by atoms with Gasteiger partial charge in [0.2, 0.25) is 0 Å². The topological polar surface area (TPSA) is 146 Å². The summed E-state index contributed by atoms with van der Waals surface area (Å²) in [5.74, 6) is 0.410. The van der Waals surface area contributed by atoms with Crippen LogP contribution in [0.15, 0.2) is 16.6 Å². The predicted molar refractivity (Wildman–Crippen MR) is 70.4 cm³/mol. The van der Waals surface area contributed by atoms with Crippen molar-refractivity contribution in [3.63, 3.8) is 0 Å². The molecule has 0 aliphatic heterocycles. The van der Waals surface area contributed by atoms with E-state index in [0.29, 0.717) is 17.2 Å². The molecule has 2 aromatic rings. The molecular weight excluding hydrogens is 308 g/mol. The van der Waals surface area contributed by atoms with Gasteiger partial charge in [0.25, 0.3) is 10.0 Å². The van der Waals surface area contributed by atoms with Gasteiger partial charge in [0.15, 0.2) is 5.00 Å². The molecule has 20 heavy (non-hydrogen) atoms. The van der Waals surface area contributed by atoms with Gasteiger partial charge in [-0.2, -0.15) is 0 Å². The molecule has 0 amide bonds. The lowest BCUT2D eigenvalue weighted by molar-refractivity contribution is -0.383. The summed E-state index contributed by atoms with van der Waals surface area (Å²) >= 11 is 0.634. The number of hydrogen-bond acceptors (Lipinski definition) is 8. The van der Waals surface area contributed by atoms with E-state index >= 15 is 0 Å². The van der Waals surface area contributed by atoms with E-state index in [1.54, 1.807) is 11.6 Å². The molecule has 0 atom stereocenters. The van der Waals surface area contributed by atoms with Crippen molar-refractivity contribution in [2.75, 3.05) is 5.73 Å². The van der Waals surface area contributed by atoms with Gasteiger partial charge >= 0.3 is 5.69 Å².